The van der Waals surface area contributed by atoms with E-state index in [0.29, 0.717) is 17.2 Å². The summed E-state index contributed by atoms with van der Waals surface area (Å²) in [5, 5.41) is 4.06. The van der Waals surface area contributed by atoms with E-state index in [1.807, 2.05) is 60.7 Å². The SMILES string of the molecule is Cc1c(Sc2ccccc2)n(CO[C@H](CN=[N+]=[N-])COCc2ccccc2)c(=O)[nH]c1=O. The van der Waals surface area contributed by atoms with Gasteiger partial charge in [0.25, 0.3) is 5.56 Å². The molecular weight excluding hydrogens is 430 g/mol. The molecule has 1 N–H and O–H groups in total. The lowest BCUT2D eigenvalue weighted by Gasteiger charge is -2.19. The summed E-state index contributed by atoms with van der Waals surface area (Å²) in [4.78, 5) is 30.7. The zero-order valence-corrected chi connectivity index (χ0v) is 18.3. The Hall–Kier alpha value is -3.30. The van der Waals surface area contributed by atoms with Crippen molar-refractivity contribution < 1.29 is 9.47 Å². The van der Waals surface area contributed by atoms with Crippen molar-refractivity contribution in [3.63, 3.8) is 0 Å². The van der Waals surface area contributed by atoms with Gasteiger partial charge in [-0.1, -0.05) is 65.4 Å². The third-order valence-electron chi connectivity index (χ3n) is 4.53. The van der Waals surface area contributed by atoms with Gasteiger partial charge in [0, 0.05) is 15.4 Å². The predicted octanol–water partition coefficient (Wildman–Crippen LogP) is 3.87. The van der Waals surface area contributed by atoms with E-state index in [4.69, 9.17) is 15.0 Å². The number of aromatic nitrogens is 2. The molecule has 0 saturated heterocycles. The number of nitrogens with one attached hydrogen (secondary N) is 1. The summed E-state index contributed by atoms with van der Waals surface area (Å²) in [6, 6.07) is 19.1. The highest BCUT2D eigenvalue weighted by molar-refractivity contribution is 7.99. The van der Waals surface area contributed by atoms with Gasteiger partial charge < -0.3 is 9.47 Å². The fourth-order valence-corrected chi connectivity index (χ4v) is 3.85. The first kappa shape index (κ1) is 23.4. The number of H-pyrrole nitrogens is 1. The third kappa shape index (κ3) is 6.60. The quantitative estimate of drug-likeness (QED) is 0.204. The average molecular weight is 454 g/mol. The molecule has 0 saturated carbocycles. The standard InChI is InChI=1S/C22H23N5O4S/c1-16-20(28)25-22(29)27(21(16)32-19-10-6-3-7-11-19)15-31-18(12-24-26-23)14-30-13-17-8-4-2-5-9-17/h2-11,18H,12-15H2,1H3,(H,25,28,29)/t18-/m1/s1. The molecule has 3 aromatic rings. The molecule has 0 aliphatic heterocycles. The summed E-state index contributed by atoms with van der Waals surface area (Å²) in [5.74, 6) is 0. The van der Waals surface area contributed by atoms with Gasteiger partial charge in [0.05, 0.1) is 30.9 Å². The molecule has 3 rings (SSSR count). The topological polar surface area (TPSA) is 122 Å². The van der Waals surface area contributed by atoms with Crippen LogP contribution in [0.2, 0.25) is 0 Å². The minimum atomic E-state index is -0.577. The van der Waals surface area contributed by atoms with Gasteiger partial charge in [0.1, 0.15) is 6.73 Å². The molecule has 32 heavy (non-hydrogen) atoms. The molecule has 0 aliphatic rings. The number of ether oxygens (including phenoxy) is 2. The molecule has 10 heteroatoms. The van der Waals surface area contributed by atoms with Crippen LogP contribution in [-0.2, 0) is 22.8 Å². The molecule has 9 nitrogen and oxygen atoms in total. The van der Waals surface area contributed by atoms with Crippen LogP contribution < -0.4 is 11.2 Å². The Morgan fingerprint density at radius 1 is 1.12 bits per heavy atom. The second kappa shape index (κ2) is 11.9. The lowest BCUT2D eigenvalue weighted by molar-refractivity contribution is -0.0476. The van der Waals surface area contributed by atoms with Crippen LogP contribution >= 0.6 is 11.8 Å². The monoisotopic (exact) mass is 453 g/mol. The molecule has 0 spiro atoms. The highest BCUT2D eigenvalue weighted by Gasteiger charge is 2.16. The van der Waals surface area contributed by atoms with Gasteiger partial charge >= 0.3 is 5.69 Å². The Bertz CT molecular complexity index is 1170. The van der Waals surface area contributed by atoms with E-state index in [0.717, 1.165) is 10.5 Å². The van der Waals surface area contributed by atoms with Crippen LogP contribution in [0, 0.1) is 6.92 Å². The summed E-state index contributed by atoms with van der Waals surface area (Å²) in [6.07, 6.45) is -0.566. The number of azide groups is 1. The Morgan fingerprint density at radius 2 is 1.81 bits per heavy atom. The average Bonchev–Trinajstić information content (AvgIpc) is 2.81. The molecule has 2 aromatic carbocycles. The summed E-state index contributed by atoms with van der Waals surface area (Å²) >= 11 is 1.30. The van der Waals surface area contributed by atoms with Crippen molar-refractivity contribution in [2.45, 2.75) is 36.3 Å². The maximum Gasteiger partial charge on any atom is 0.331 e. The molecule has 166 valence electrons. The molecule has 0 unspecified atom stereocenters. The lowest BCUT2D eigenvalue weighted by atomic mass is 10.2. The number of aromatic amines is 1. The summed E-state index contributed by atoms with van der Waals surface area (Å²) < 4.78 is 12.9. The van der Waals surface area contributed by atoms with Crippen LogP contribution in [0.25, 0.3) is 10.4 Å². The second-order valence-electron chi connectivity index (χ2n) is 6.86. The Morgan fingerprint density at radius 3 is 2.50 bits per heavy atom. The first-order chi connectivity index (χ1) is 15.6. The number of rotatable bonds is 11. The van der Waals surface area contributed by atoms with Crippen molar-refractivity contribution in [3.8, 4) is 0 Å². The van der Waals surface area contributed by atoms with Crippen molar-refractivity contribution in [3.05, 3.63) is 103 Å². The minimum Gasteiger partial charge on any atom is -0.374 e. The van der Waals surface area contributed by atoms with Crippen LogP contribution in [0.3, 0.4) is 0 Å². The molecule has 0 aliphatic carbocycles. The maximum atomic E-state index is 12.5. The van der Waals surface area contributed by atoms with Crippen LogP contribution in [0.5, 0.6) is 0 Å². The molecule has 1 atom stereocenters. The second-order valence-corrected chi connectivity index (χ2v) is 7.93. The van der Waals surface area contributed by atoms with E-state index in [1.54, 1.807) is 6.92 Å². The molecule has 0 radical (unpaired) electrons. The van der Waals surface area contributed by atoms with Crippen molar-refractivity contribution in [2.24, 2.45) is 5.11 Å². The lowest BCUT2D eigenvalue weighted by Crippen LogP contribution is -2.35. The molecule has 0 bridgehead atoms. The smallest absolute Gasteiger partial charge is 0.331 e. The van der Waals surface area contributed by atoms with Gasteiger partial charge in [0.15, 0.2) is 0 Å². The zero-order valence-electron chi connectivity index (χ0n) is 17.5. The molecule has 0 amide bonds. The van der Waals surface area contributed by atoms with Crippen molar-refractivity contribution in [2.75, 3.05) is 13.2 Å². The first-order valence-electron chi connectivity index (χ1n) is 9.89. The summed E-state index contributed by atoms with van der Waals surface area (Å²) in [5.41, 5.74) is 9.08. The van der Waals surface area contributed by atoms with Crippen LogP contribution in [-0.4, -0.2) is 28.8 Å². The van der Waals surface area contributed by atoms with Crippen LogP contribution in [0.1, 0.15) is 11.1 Å². The van der Waals surface area contributed by atoms with E-state index in [1.165, 1.54) is 16.3 Å². The summed E-state index contributed by atoms with van der Waals surface area (Å²) in [7, 11) is 0. The van der Waals surface area contributed by atoms with Gasteiger partial charge in [-0.05, 0) is 30.2 Å². The zero-order chi connectivity index (χ0) is 22.8. The van der Waals surface area contributed by atoms with E-state index < -0.39 is 17.4 Å². The van der Waals surface area contributed by atoms with Crippen LogP contribution in [0.4, 0.5) is 0 Å². The van der Waals surface area contributed by atoms with E-state index >= 15 is 0 Å². The first-order valence-corrected chi connectivity index (χ1v) is 10.7. The van der Waals surface area contributed by atoms with Gasteiger partial charge in [0.2, 0.25) is 0 Å². The van der Waals surface area contributed by atoms with Gasteiger partial charge in [-0.15, -0.1) is 0 Å². The number of hydrogen-bond donors (Lipinski definition) is 1. The van der Waals surface area contributed by atoms with E-state index in [9.17, 15) is 9.59 Å². The summed E-state index contributed by atoms with van der Waals surface area (Å²) in [6.45, 7) is 2.12. The highest BCUT2D eigenvalue weighted by atomic mass is 32.2. The van der Waals surface area contributed by atoms with Crippen molar-refractivity contribution >= 4 is 11.8 Å². The van der Waals surface area contributed by atoms with E-state index in [-0.39, 0.29) is 19.9 Å². The number of hydrogen-bond acceptors (Lipinski definition) is 6. The normalized spacial score (nSPS) is 11.7. The molecular formula is C22H23N5O4S. The van der Waals surface area contributed by atoms with Gasteiger partial charge in [-0.2, -0.15) is 0 Å². The number of benzene rings is 2. The fraction of sp³-hybridized carbons (Fsp3) is 0.273. The minimum absolute atomic E-state index is 0.0452. The Kier molecular flexibility index (Phi) is 8.70. The van der Waals surface area contributed by atoms with Gasteiger partial charge in [-0.25, -0.2) is 4.79 Å². The highest BCUT2D eigenvalue weighted by Crippen LogP contribution is 2.27. The van der Waals surface area contributed by atoms with E-state index in [2.05, 4.69) is 15.0 Å². The molecule has 0 fully saturated rings. The van der Waals surface area contributed by atoms with Crippen molar-refractivity contribution in [1.82, 2.24) is 9.55 Å². The predicted molar refractivity (Wildman–Crippen MR) is 122 cm³/mol. The number of nitrogens with zero attached hydrogens (tertiary/aromatic N) is 4. The van der Waals surface area contributed by atoms with Crippen molar-refractivity contribution in [1.29, 1.82) is 0 Å². The maximum absolute atomic E-state index is 12.5. The third-order valence-corrected chi connectivity index (χ3v) is 5.76. The largest absolute Gasteiger partial charge is 0.374 e. The van der Waals surface area contributed by atoms with Crippen LogP contribution in [0.15, 0.2) is 85.3 Å². The molecule has 1 heterocycles. The molecule has 1 aromatic heterocycles. The Balaban J connectivity index is 1.74. The van der Waals surface area contributed by atoms with Gasteiger partial charge in [-0.3, -0.25) is 14.3 Å². The Labute approximate surface area is 188 Å². The fourth-order valence-electron chi connectivity index (χ4n) is 2.84.